The van der Waals surface area contributed by atoms with Crippen molar-refractivity contribution in [3.8, 4) is 0 Å². The molecule has 0 aromatic heterocycles. The molecule has 0 aliphatic rings. The van der Waals surface area contributed by atoms with Crippen LogP contribution < -0.4 is 0 Å². The van der Waals surface area contributed by atoms with Crippen molar-refractivity contribution in [3.63, 3.8) is 0 Å². The van der Waals surface area contributed by atoms with Crippen molar-refractivity contribution in [1.82, 2.24) is 0 Å². The van der Waals surface area contributed by atoms with Gasteiger partial charge in [-0.1, -0.05) is 85.0 Å². The zero-order chi connectivity index (χ0) is 23.0. The van der Waals surface area contributed by atoms with Gasteiger partial charge >= 0.3 is 5.97 Å². The molecule has 0 amide bonds. The third-order valence-electron chi connectivity index (χ3n) is 6.70. The van der Waals surface area contributed by atoms with E-state index in [1.807, 2.05) is 6.92 Å². The predicted molar refractivity (Wildman–Crippen MR) is 136 cm³/mol. The molecule has 0 aromatic rings. The van der Waals surface area contributed by atoms with Gasteiger partial charge in [-0.05, 0) is 51.9 Å². The Bertz CT molecular complexity index is 377. The van der Waals surface area contributed by atoms with Gasteiger partial charge in [-0.3, -0.25) is 4.79 Å². The van der Waals surface area contributed by atoms with Gasteiger partial charge in [0.1, 0.15) is 0 Å². The van der Waals surface area contributed by atoms with E-state index in [1.165, 1.54) is 127 Å². The predicted octanol–water partition coefficient (Wildman–Crippen LogP) is 8.45. The molecule has 0 saturated heterocycles. The van der Waals surface area contributed by atoms with Crippen LogP contribution in [-0.4, -0.2) is 43.2 Å². The van der Waals surface area contributed by atoms with Crippen LogP contribution in [0.4, 0.5) is 0 Å². The molecule has 0 bridgehead atoms. The van der Waals surface area contributed by atoms with Gasteiger partial charge in [0.05, 0.1) is 32.8 Å². The van der Waals surface area contributed by atoms with Crippen molar-refractivity contribution in [2.75, 3.05) is 32.8 Å². The monoisotopic (exact) mass is 440 g/mol. The van der Waals surface area contributed by atoms with Crippen molar-refractivity contribution in [1.29, 1.82) is 0 Å². The lowest BCUT2D eigenvalue weighted by Gasteiger charge is -2.39. The summed E-state index contributed by atoms with van der Waals surface area (Å²) in [5, 5.41) is 0. The molecule has 0 radical (unpaired) electrons. The fourth-order valence-corrected chi connectivity index (χ4v) is 5.03. The van der Waals surface area contributed by atoms with Crippen LogP contribution in [0.15, 0.2) is 0 Å². The maximum Gasteiger partial charge on any atom is 0.305 e. The van der Waals surface area contributed by atoms with E-state index in [0.717, 1.165) is 12.8 Å². The van der Waals surface area contributed by atoms with Gasteiger partial charge in [0.15, 0.2) is 0 Å². The largest absolute Gasteiger partial charge is 0.466 e. The van der Waals surface area contributed by atoms with E-state index in [4.69, 9.17) is 4.74 Å². The molecule has 186 valence electrons. The van der Waals surface area contributed by atoms with E-state index in [0.29, 0.717) is 13.0 Å². The van der Waals surface area contributed by atoms with E-state index in [2.05, 4.69) is 20.8 Å². The van der Waals surface area contributed by atoms with Crippen LogP contribution in [0, 0.1) is 0 Å². The van der Waals surface area contributed by atoms with E-state index in [1.54, 1.807) is 0 Å². The highest BCUT2D eigenvalue weighted by Crippen LogP contribution is 2.18. The first-order chi connectivity index (χ1) is 15.1. The molecular formula is C28H58NO2+. The molecule has 31 heavy (non-hydrogen) atoms. The van der Waals surface area contributed by atoms with Crippen LogP contribution >= 0.6 is 0 Å². The molecule has 0 fully saturated rings. The maximum absolute atomic E-state index is 11.5. The summed E-state index contributed by atoms with van der Waals surface area (Å²) >= 11 is 0. The summed E-state index contributed by atoms with van der Waals surface area (Å²) < 4.78 is 6.36. The summed E-state index contributed by atoms with van der Waals surface area (Å²) in [6, 6.07) is 0. The van der Waals surface area contributed by atoms with Crippen LogP contribution in [0.3, 0.4) is 0 Å². The maximum atomic E-state index is 11.5. The third-order valence-corrected chi connectivity index (χ3v) is 6.70. The molecule has 0 saturated carbocycles. The Morgan fingerprint density at radius 3 is 1.35 bits per heavy atom. The van der Waals surface area contributed by atoms with Crippen molar-refractivity contribution in [2.45, 2.75) is 143 Å². The number of quaternary nitrogens is 1. The number of carbonyl (C=O) groups excluding carboxylic acids is 1. The van der Waals surface area contributed by atoms with E-state index in [-0.39, 0.29) is 5.97 Å². The molecule has 0 unspecified atom stereocenters. The first-order valence-corrected chi connectivity index (χ1v) is 14.1. The van der Waals surface area contributed by atoms with Gasteiger partial charge in [0.2, 0.25) is 0 Å². The van der Waals surface area contributed by atoms with Gasteiger partial charge in [0, 0.05) is 6.42 Å². The number of nitrogens with zero attached hydrogens (tertiary/aromatic N) is 1. The average molecular weight is 441 g/mol. The molecule has 0 aromatic carbocycles. The topological polar surface area (TPSA) is 26.3 Å². The number of unbranched alkanes of at least 4 members (excludes halogenated alkanes) is 13. The van der Waals surface area contributed by atoms with Crippen molar-refractivity contribution >= 4 is 5.97 Å². The minimum Gasteiger partial charge on any atom is -0.466 e. The summed E-state index contributed by atoms with van der Waals surface area (Å²) in [6.45, 7) is 14.7. The first kappa shape index (κ1) is 30.4. The lowest BCUT2D eigenvalue weighted by Crippen LogP contribution is -2.50. The van der Waals surface area contributed by atoms with E-state index in [9.17, 15) is 4.79 Å². The van der Waals surface area contributed by atoms with Crippen molar-refractivity contribution in [3.05, 3.63) is 0 Å². The molecule has 3 heteroatoms. The second kappa shape index (κ2) is 22.6. The van der Waals surface area contributed by atoms with Crippen molar-refractivity contribution < 1.29 is 14.0 Å². The smallest absolute Gasteiger partial charge is 0.305 e. The van der Waals surface area contributed by atoms with Gasteiger partial charge in [-0.25, -0.2) is 0 Å². The number of hydrogen-bond acceptors (Lipinski definition) is 2. The molecular weight excluding hydrogens is 382 g/mol. The average Bonchev–Trinajstić information content (AvgIpc) is 2.75. The minimum atomic E-state index is -0.0261. The Morgan fingerprint density at radius 1 is 0.516 bits per heavy atom. The fraction of sp³-hybridized carbons (Fsp3) is 0.964. The Morgan fingerprint density at radius 2 is 0.935 bits per heavy atom. The molecule has 0 aliphatic carbocycles. The molecule has 0 spiro atoms. The molecule has 0 heterocycles. The Balaban J connectivity index is 3.97. The van der Waals surface area contributed by atoms with Gasteiger partial charge in [-0.15, -0.1) is 0 Å². The Labute approximate surface area is 196 Å². The Kier molecular flexibility index (Phi) is 22.2. The molecule has 0 aliphatic heterocycles. The highest BCUT2D eigenvalue weighted by molar-refractivity contribution is 5.69. The first-order valence-electron chi connectivity index (χ1n) is 14.1. The van der Waals surface area contributed by atoms with Gasteiger partial charge in [-0.2, -0.15) is 0 Å². The molecule has 0 rings (SSSR count). The number of rotatable bonds is 24. The van der Waals surface area contributed by atoms with Crippen molar-refractivity contribution in [2.24, 2.45) is 0 Å². The summed E-state index contributed by atoms with van der Waals surface area (Å²) in [6.07, 6.45) is 23.7. The minimum absolute atomic E-state index is 0.0261. The molecule has 3 nitrogen and oxygen atoms in total. The van der Waals surface area contributed by atoms with Crippen LogP contribution in [-0.2, 0) is 9.53 Å². The second-order valence-corrected chi connectivity index (χ2v) is 9.74. The van der Waals surface area contributed by atoms with Crippen LogP contribution in [0.1, 0.15) is 143 Å². The summed E-state index contributed by atoms with van der Waals surface area (Å²) in [4.78, 5) is 11.5. The SMILES string of the molecule is CCCCCCCCCCCCCC[N+](CCC)(CCC)CCCCCC(=O)OCC. The van der Waals surface area contributed by atoms with E-state index >= 15 is 0 Å². The Hall–Kier alpha value is -0.570. The van der Waals surface area contributed by atoms with Crippen LogP contribution in [0.25, 0.3) is 0 Å². The number of carbonyl (C=O) groups is 1. The number of ether oxygens (including phenoxy) is 1. The zero-order valence-corrected chi connectivity index (χ0v) is 22.0. The second-order valence-electron chi connectivity index (χ2n) is 9.74. The zero-order valence-electron chi connectivity index (χ0n) is 22.0. The standard InChI is InChI=1S/C28H58NO2/c1-5-9-10-11-12-13-14-15-16-17-18-21-26-29(24-6-2,25-7-3)27-22-19-20-23-28(30)31-8-4/h5-27H2,1-4H3/q+1. The third kappa shape index (κ3) is 18.7. The van der Waals surface area contributed by atoms with Gasteiger partial charge < -0.3 is 9.22 Å². The summed E-state index contributed by atoms with van der Waals surface area (Å²) in [5.74, 6) is -0.0261. The normalized spacial score (nSPS) is 11.7. The lowest BCUT2D eigenvalue weighted by molar-refractivity contribution is -0.928. The highest BCUT2D eigenvalue weighted by Gasteiger charge is 2.24. The molecule has 0 atom stereocenters. The quantitative estimate of drug-likeness (QED) is 0.0854. The van der Waals surface area contributed by atoms with Gasteiger partial charge in [0.25, 0.3) is 0 Å². The van der Waals surface area contributed by atoms with Crippen LogP contribution in [0.5, 0.6) is 0 Å². The number of hydrogen-bond donors (Lipinski definition) is 0. The number of esters is 1. The summed E-state index contributed by atoms with van der Waals surface area (Å²) in [5.41, 5.74) is 0. The van der Waals surface area contributed by atoms with Crippen LogP contribution in [0.2, 0.25) is 0 Å². The van der Waals surface area contributed by atoms with E-state index < -0.39 is 0 Å². The lowest BCUT2D eigenvalue weighted by atomic mass is 10.0. The highest BCUT2D eigenvalue weighted by atomic mass is 16.5. The summed E-state index contributed by atoms with van der Waals surface area (Å²) in [7, 11) is 0. The molecule has 0 N–H and O–H groups in total. The fourth-order valence-electron chi connectivity index (χ4n) is 5.03.